The lowest BCUT2D eigenvalue weighted by Gasteiger charge is -2.05. The van der Waals surface area contributed by atoms with Crippen molar-refractivity contribution in [2.45, 2.75) is 19.5 Å². The van der Waals surface area contributed by atoms with Gasteiger partial charge in [0.2, 0.25) is 0 Å². The summed E-state index contributed by atoms with van der Waals surface area (Å²) in [5, 5.41) is 8.59. The topological polar surface area (TPSA) is 75.6 Å². The van der Waals surface area contributed by atoms with Gasteiger partial charge < -0.3 is 5.73 Å². The maximum atomic E-state index is 13.2. The molecule has 5 heteroatoms. The summed E-state index contributed by atoms with van der Waals surface area (Å²) in [6, 6.07) is 1.77. The molecule has 0 aromatic carbocycles. The molecule has 0 amide bonds. The minimum Gasteiger partial charge on any atom is -0.382 e. The fraction of sp³-hybridized carbons (Fsp3) is 0.375. The van der Waals surface area contributed by atoms with Crippen LogP contribution in [0.5, 0.6) is 0 Å². The molecule has 2 N–H and O–H groups in total. The molecule has 1 rings (SSSR count). The summed E-state index contributed by atoms with van der Waals surface area (Å²) < 4.78 is 13.2. The Morgan fingerprint density at radius 2 is 2.46 bits per heavy atom. The van der Waals surface area contributed by atoms with Crippen LogP contribution in [-0.4, -0.2) is 9.97 Å². The maximum absolute atomic E-state index is 13.2. The average molecular weight is 180 g/mol. The fourth-order valence-corrected chi connectivity index (χ4v) is 0.916. The van der Waals surface area contributed by atoms with Crippen LogP contribution in [0.4, 0.5) is 10.2 Å². The third kappa shape index (κ3) is 1.90. The number of halogens is 1. The zero-order valence-electron chi connectivity index (χ0n) is 7.16. The molecule has 13 heavy (non-hydrogen) atoms. The van der Waals surface area contributed by atoms with Crippen LogP contribution >= 0.6 is 0 Å². The zero-order chi connectivity index (χ0) is 9.84. The van der Waals surface area contributed by atoms with Gasteiger partial charge in [-0.25, -0.2) is 14.4 Å². The maximum Gasteiger partial charge on any atom is 0.165 e. The predicted octanol–water partition coefficient (Wildman–Crippen LogP) is 1.35. The average Bonchev–Trinajstić information content (AvgIpc) is 2.16. The van der Waals surface area contributed by atoms with Crippen molar-refractivity contribution in [3.8, 4) is 6.07 Å². The fourth-order valence-electron chi connectivity index (χ4n) is 0.916. The van der Waals surface area contributed by atoms with E-state index >= 15 is 0 Å². The van der Waals surface area contributed by atoms with Crippen molar-refractivity contribution in [2.24, 2.45) is 0 Å². The van der Waals surface area contributed by atoms with Crippen molar-refractivity contribution in [1.82, 2.24) is 9.97 Å². The van der Waals surface area contributed by atoms with Crippen molar-refractivity contribution in [1.29, 1.82) is 5.26 Å². The lowest BCUT2D eigenvalue weighted by molar-refractivity contribution is 0.325. The number of aromatic nitrogens is 2. The molecule has 1 heterocycles. The molecule has 0 fully saturated rings. The lowest BCUT2D eigenvalue weighted by Crippen LogP contribution is -2.04. The second kappa shape index (κ2) is 3.81. The van der Waals surface area contributed by atoms with Crippen LogP contribution in [0.3, 0.4) is 0 Å². The van der Waals surface area contributed by atoms with Gasteiger partial charge in [0.05, 0.1) is 6.20 Å². The number of alkyl halides is 1. The molecular formula is C8H9FN4. The Balaban J connectivity index is 3.17. The van der Waals surface area contributed by atoms with E-state index < -0.39 is 6.17 Å². The van der Waals surface area contributed by atoms with Crippen LogP contribution in [0, 0.1) is 11.3 Å². The van der Waals surface area contributed by atoms with E-state index in [9.17, 15) is 4.39 Å². The number of rotatable bonds is 2. The Morgan fingerprint density at radius 1 is 1.77 bits per heavy atom. The highest BCUT2D eigenvalue weighted by molar-refractivity contribution is 5.34. The van der Waals surface area contributed by atoms with Crippen molar-refractivity contribution in [2.75, 3.05) is 5.73 Å². The number of nitrogens with zero attached hydrogens (tertiary/aromatic N) is 3. The minimum absolute atomic E-state index is 0.00329. The van der Waals surface area contributed by atoms with E-state index in [0.717, 1.165) is 0 Å². The highest BCUT2D eigenvalue weighted by atomic mass is 19.1. The summed E-state index contributed by atoms with van der Waals surface area (Å²) >= 11 is 0. The quantitative estimate of drug-likeness (QED) is 0.745. The largest absolute Gasteiger partial charge is 0.382 e. The molecule has 68 valence electrons. The Labute approximate surface area is 75.2 Å². The molecule has 0 saturated carbocycles. The Bertz CT molecular complexity index is 344. The molecule has 0 bridgehead atoms. The van der Waals surface area contributed by atoms with Crippen LogP contribution in [0.1, 0.15) is 30.9 Å². The van der Waals surface area contributed by atoms with Crippen molar-refractivity contribution in [3.63, 3.8) is 0 Å². The highest BCUT2D eigenvalue weighted by Crippen LogP contribution is 2.21. The standard InChI is InChI=1S/C8H9FN4/c1-2-5(9)8-6(3-10)12-4-7(11)13-8/h4-5H,2H2,1H3,(H2,11,13). The van der Waals surface area contributed by atoms with Crippen molar-refractivity contribution in [3.05, 3.63) is 17.6 Å². The van der Waals surface area contributed by atoms with Crippen molar-refractivity contribution >= 4 is 5.82 Å². The van der Waals surface area contributed by atoms with Gasteiger partial charge in [-0.05, 0) is 6.42 Å². The number of hydrogen-bond acceptors (Lipinski definition) is 4. The van der Waals surface area contributed by atoms with Gasteiger partial charge in [-0.15, -0.1) is 0 Å². The molecule has 0 radical (unpaired) electrons. The number of nitrogens with two attached hydrogens (primary N) is 1. The first-order valence-corrected chi connectivity index (χ1v) is 3.85. The smallest absolute Gasteiger partial charge is 0.165 e. The van der Waals surface area contributed by atoms with Crippen LogP contribution < -0.4 is 5.73 Å². The molecule has 0 aliphatic rings. The van der Waals surface area contributed by atoms with E-state index in [1.807, 2.05) is 0 Å². The van der Waals surface area contributed by atoms with E-state index in [2.05, 4.69) is 9.97 Å². The predicted molar refractivity (Wildman–Crippen MR) is 45.3 cm³/mol. The molecule has 1 aromatic heterocycles. The summed E-state index contributed by atoms with van der Waals surface area (Å²) in [5.41, 5.74) is 5.36. The Morgan fingerprint density at radius 3 is 3.00 bits per heavy atom. The molecule has 0 saturated heterocycles. The highest BCUT2D eigenvalue weighted by Gasteiger charge is 2.15. The molecule has 1 unspecified atom stereocenters. The van der Waals surface area contributed by atoms with Crippen LogP contribution in [0.25, 0.3) is 0 Å². The van der Waals surface area contributed by atoms with Gasteiger partial charge in [-0.2, -0.15) is 5.26 Å². The first kappa shape index (κ1) is 9.39. The summed E-state index contributed by atoms with van der Waals surface area (Å²) in [5.74, 6) is 0.130. The molecule has 1 atom stereocenters. The van der Waals surface area contributed by atoms with Crippen molar-refractivity contribution < 1.29 is 4.39 Å². The number of hydrogen-bond donors (Lipinski definition) is 1. The van der Waals surface area contributed by atoms with E-state index in [4.69, 9.17) is 11.0 Å². The van der Waals surface area contributed by atoms with E-state index in [-0.39, 0.29) is 23.6 Å². The number of nitriles is 1. The van der Waals surface area contributed by atoms with E-state index in [1.54, 1.807) is 13.0 Å². The zero-order valence-corrected chi connectivity index (χ0v) is 7.16. The first-order chi connectivity index (χ1) is 6.19. The van der Waals surface area contributed by atoms with E-state index in [1.165, 1.54) is 6.20 Å². The number of anilines is 1. The lowest BCUT2D eigenvalue weighted by atomic mass is 10.2. The summed E-state index contributed by atoms with van der Waals surface area (Å²) in [7, 11) is 0. The molecule has 0 aliphatic heterocycles. The third-order valence-corrected chi connectivity index (χ3v) is 1.58. The summed E-state index contributed by atoms with van der Waals surface area (Å²) in [6.45, 7) is 1.66. The van der Waals surface area contributed by atoms with Crippen LogP contribution in [0.15, 0.2) is 6.20 Å². The van der Waals surface area contributed by atoms with Crippen LogP contribution in [-0.2, 0) is 0 Å². The molecule has 4 nitrogen and oxygen atoms in total. The minimum atomic E-state index is -1.27. The second-order valence-corrected chi connectivity index (χ2v) is 2.52. The van der Waals surface area contributed by atoms with Gasteiger partial charge >= 0.3 is 0 Å². The van der Waals surface area contributed by atoms with Gasteiger partial charge in [0, 0.05) is 0 Å². The Kier molecular flexibility index (Phi) is 2.75. The summed E-state index contributed by atoms with van der Waals surface area (Å²) in [6.07, 6.45) is 0.225. The molecule has 0 aliphatic carbocycles. The SMILES string of the molecule is CCC(F)c1nc(N)cnc1C#N. The van der Waals surface area contributed by atoms with Crippen LogP contribution in [0.2, 0.25) is 0 Å². The monoisotopic (exact) mass is 180 g/mol. The molecule has 1 aromatic rings. The molecular weight excluding hydrogens is 171 g/mol. The first-order valence-electron chi connectivity index (χ1n) is 3.85. The molecule has 0 spiro atoms. The van der Waals surface area contributed by atoms with Gasteiger partial charge in [0.1, 0.15) is 23.8 Å². The van der Waals surface area contributed by atoms with Gasteiger partial charge in [0.15, 0.2) is 5.69 Å². The van der Waals surface area contributed by atoms with Gasteiger partial charge in [-0.3, -0.25) is 0 Å². The Hall–Kier alpha value is -1.70. The third-order valence-electron chi connectivity index (χ3n) is 1.58. The normalized spacial score (nSPS) is 12.1. The van der Waals surface area contributed by atoms with E-state index in [0.29, 0.717) is 0 Å². The van der Waals surface area contributed by atoms with Gasteiger partial charge in [-0.1, -0.05) is 6.92 Å². The summed E-state index contributed by atoms with van der Waals surface area (Å²) in [4.78, 5) is 7.41. The second-order valence-electron chi connectivity index (χ2n) is 2.52. The number of nitrogen functional groups attached to an aromatic ring is 1. The van der Waals surface area contributed by atoms with Gasteiger partial charge in [0.25, 0.3) is 0 Å².